The minimum absolute atomic E-state index is 0.0340. The van der Waals surface area contributed by atoms with Crippen molar-refractivity contribution in [2.24, 2.45) is 11.7 Å². The van der Waals surface area contributed by atoms with Gasteiger partial charge in [-0.05, 0) is 24.8 Å². The van der Waals surface area contributed by atoms with E-state index in [0.29, 0.717) is 11.5 Å². The van der Waals surface area contributed by atoms with Gasteiger partial charge in [0.15, 0.2) is 11.5 Å². The number of hydrogen-bond donors (Lipinski definition) is 2. The second-order valence-corrected chi connectivity index (χ2v) is 4.62. The summed E-state index contributed by atoms with van der Waals surface area (Å²) in [5.41, 5.74) is 6.56. The van der Waals surface area contributed by atoms with E-state index in [1.165, 1.54) is 19.2 Å². The average molecular weight is 239 g/mol. The lowest BCUT2D eigenvalue weighted by atomic mass is 9.91. The number of nitrogens with two attached hydrogens (primary N) is 1. The van der Waals surface area contributed by atoms with Crippen molar-refractivity contribution in [3.63, 3.8) is 0 Å². The molecule has 0 unspecified atom stereocenters. The highest BCUT2D eigenvalue weighted by molar-refractivity contribution is 5.47. The molecule has 4 heteroatoms. The number of halogens is 1. The van der Waals surface area contributed by atoms with Gasteiger partial charge in [0.05, 0.1) is 7.11 Å². The Morgan fingerprint density at radius 1 is 1.41 bits per heavy atom. The first-order valence-corrected chi connectivity index (χ1v) is 5.95. The molecule has 1 saturated carbocycles. The lowest BCUT2D eigenvalue weighted by molar-refractivity contribution is 0.356. The quantitative estimate of drug-likeness (QED) is 0.852. The Morgan fingerprint density at radius 3 is 2.65 bits per heavy atom. The molecular weight excluding hydrogens is 221 g/mol. The summed E-state index contributed by atoms with van der Waals surface area (Å²) >= 11 is 0. The number of hydrogen-bond acceptors (Lipinski definition) is 3. The van der Waals surface area contributed by atoms with Gasteiger partial charge in [-0.3, -0.25) is 0 Å². The van der Waals surface area contributed by atoms with E-state index in [2.05, 4.69) is 0 Å². The van der Waals surface area contributed by atoms with Crippen molar-refractivity contribution in [2.45, 2.75) is 31.7 Å². The van der Waals surface area contributed by atoms with Crippen LogP contribution < -0.4 is 10.5 Å². The number of ether oxygens (including phenoxy) is 1. The van der Waals surface area contributed by atoms with E-state index in [9.17, 15) is 9.50 Å². The fourth-order valence-electron chi connectivity index (χ4n) is 2.57. The third-order valence-electron chi connectivity index (χ3n) is 3.56. The van der Waals surface area contributed by atoms with Crippen molar-refractivity contribution in [3.8, 4) is 11.5 Å². The summed E-state index contributed by atoms with van der Waals surface area (Å²) in [7, 11) is 1.40. The standard InChI is InChI=1S/C13H18FNO2/c1-17-11-7-9(14)6-10(13(11)16)12(15)8-4-2-3-5-8/h6-8,12,16H,2-5,15H2,1H3/t12-/m0/s1. The van der Waals surface area contributed by atoms with Crippen molar-refractivity contribution in [3.05, 3.63) is 23.5 Å². The van der Waals surface area contributed by atoms with Crippen LogP contribution in [0.25, 0.3) is 0 Å². The van der Waals surface area contributed by atoms with Crippen molar-refractivity contribution < 1.29 is 14.2 Å². The molecule has 0 bridgehead atoms. The zero-order valence-corrected chi connectivity index (χ0v) is 9.95. The Labute approximate surface area is 100 Å². The number of rotatable bonds is 3. The van der Waals surface area contributed by atoms with Crippen molar-refractivity contribution in [1.82, 2.24) is 0 Å². The van der Waals surface area contributed by atoms with E-state index in [1.54, 1.807) is 0 Å². The highest BCUT2D eigenvalue weighted by atomic mass is 19.1. The molecule has 1 aromatic rings. The van der Waals surface area contributed by atoms with Gasteiger partial charge in [0.2, 0.25) is 0 Å². The molecule has 1 fully saturated rings. The second kappa shape index (κ2) is 4.92. The van der Waals surface area contributed by atoms with Gasteiger partial charge < -0.3 is 15.6 Å². The molecule has 3 nitrogen and oxygen atoms in total. The number of methoxy groups -OCH3 is 1. The maximum absolute atomic E-state index is 13.4. The zero-order valence-electron chi connectivity index (χ0n) is 9.95. The number of aromatic hydroxyl groups is 1. The Hall–Kier alpha value is -1.29. The molecule has 94 valence electrons. The van der Waals surface area contributed by atoms with Crippen LogP contribution in [-0.4, -0.2) is 12.2 Å². The first kappa shape index (κ1) is 12.2. The van der Waals surface area contributed by atoms with Gasteiger partial charge >= 0.3 is 0 Å². The van der Waals surface area contributed by atoms with Gasteiger partial charge in [-0.1, -0.05) is 12.8 Å². The molecular formula is C13H18FNO2. The number of phenols is 1. The van der Waals surface area contributed by atoms with Gasteiger partial charge in [0.1, 0.15) is 5.82 Å². The van der Waals surface area contributed by atoms with Crippen molar-refractivity contribution in [2.75, 3.05) is 7.11 Å². The largest absolute Gasteiger partial charge is 0.504 e. The van der Waals surface area contributed by atoms with Crippen LogP contribution in [0.2, 0.25) is 0 Å². The highest BCUT2D eigenvalue weighted by Gasteiger charge is 2.26. The third-order valence-corrected chi connectivity index (χ3v) is 3.56. The maximum atomic E-state index is 13.4. The Kier molecular flexibility index (Phi) is 3.52. The molecule has 17 heavy (non-hydrogen) atoms. The van der Waals surface area contributed by atoms with E-state index >= 15 is 0 Å². The van der Waals surface area contributed by atoms with Crippen LogP contribution >= 0.6 is 0 Å². The van der Waals surface area contributed by atoms with Gasteiger partial charge in [0, 0.05) is 17.7 Å². The smallest absolute Gasteiger partial charge is 0.163 e. The molecule has 1 aromatic carbocycles. The summed E-state index contributed by atoms with van der Waals surface area (Å²) in [6.45, 7) is 0. The molecule has 0 amide bonds. The Morgan fingerprint density at radius 2 is 2.06 bits per heavy atom. The highest BCUT2D eigenvalue weighted by Crippen LogP contribution is 2.40. The van der Waals surface area contributed by atoms with Crippen LogP contribution in [0.15, 0.2) is 12.1 Å². The van der Waals surface area contributed by atoms with Crippen LogP contribution in [0.3, 0.4) is 0 Å². The van der Waals surface area contributed by atoms with Gasteiger partial charge in [-0.2, -0.15) is 0 Å². The second-order valence-electron chi connectivity index (χ2n) is 4.62. The molecule has 0 heterocycles. The lowest BCUT2D eigenvalue weighted by Gasteiger charge is -2.21. The molecule has 0 radical (unpaired) electrons. The van der Waals surface area contributed by atoms with E-state index in [-0.39, 0.29) is 17.5 Å². The molecule has 0 spiro atoms. The summed E-state index contributed by atoms with van der Waals surface area (Å²) in [5, 5.41) is 9.97. The van der Waals surface area contributed by atoms with E-state index in [0.717, 1.165) is 25.7 Å². The summed E-state index contributed by atoms with van der Waals surface area (Å²) in [4.78, 5) is 0. The predicted octanol–water partition coefficient (Wildman–Crippen LogP) is 2.73. The first-order chi connectivity index (χ1) is 8.13. The van der Waals surface area contributed by atoms with Gasteiger partial charge in [0.25, 0.3) is 0 Å². The van der Waals surface area contributed by atoms with E-state index in [1.807, 2.05) is 0 Å². The molecule has 0 aliphatic heterocycles. The number of phenolic OH excluding ortho intramolecular Hbond substituents is 1. The molecule has 3 N–H and O–H groups in total. The molecule has 0 saturated heterocycles. The van der Waals surface area contributed by atoms with Crippen LogP contribution in [0.5, 0.6) is 11.5 Å². The molecule has 1 aliphatic rings. The molecule has 0 aromatic heterocycles. The normalized spacial score (nSPS) is 18.3. The van der Waals surface area contributed by atoms with Crippen LogP contribution in [0.1, 0.15) is 37.3 Å². The van der Waals surface area contributed by atoms with Gasteiger partial charge in [-0.15, -0.1) is 0 Å². The summed E-state index contributed by atoms with van der Waals surface area (Å²) in [5.74, 6) is 0.0113. The molecule has 1 atom stereocenters. The zero-order chi connectivity index (χ0) is 12.4. The van der Waals surface area contributed by atoms with Gasteiger partial charge in [-0.25, -0.2) is 4.39 Å². The lowest BCUT2D eigenvalue weighted by Crippen LogP contribution is -2.19. The summed E-state index contributed by atoms with van der Waals surface area (Å²) < 4.78 is 18.3. The van der Waals surface area contributed by atoms with E-state index < -0.39 is 5.82 Å². The fraction of sp³-hybridized carbons (Fsp3) is 0.538. The average Bonchev–Trinajstić information content (AvgIpc) is 2.84. The van der Waals surface area contributed by atoms with Crippen LogP contribution in [0.4, 0.5) is 4.39 Å². The number of benzene rings is 1. The Balaban J connectivity index is 2.33. The van der Waals surface area contributed by atoms with Crippen molar-refractivity contribution in [1.29, 1.82) is 0 Å². The third kappa shape index (κ3) is 2.36. The van der Waals surface area contributed by atoms with Crippen LogP contribution in [-0.2, 0) is 0 Å². The summed E-state index contributed by atoms with van der Waals surface area (Å²) in [6.07, 6.45) is 4.40. The fourth-order valence-corrected chi connectivity index (χ4v) is 2.57. The molecule has 2 rings (SSSR count). The van der Waals surface area contributed by atoms with E-state index in [4.69, 9.17) is 10.5 Å². The SMILES string of the molecule is COc1cc(F)cc([C@@H](N)C2CCCC2)c1O. The van der Waals surface area contributed by atoms with Crippen molar-refractivity contribution >= 4 is 0 Å². The Bertz CT molecular complexity index is 403. The minimum atomic E-state index is -0.428. The topological polar surface area (TPSA) is 55.5 Å². The maximum Gasteiger partial charge on any atom is 0.163 e. The monoisotopic (exact) mass is 239 g/mol. The summed E-state index contributed by atoms with van der Waals surface area (Å²) in [6, 6.07) is 2.16. The minimum Gasteiger partial charge on any atom is -0.504 e. The molecule has 1 aliphatic carbocycles. The predicted molar refractivity (Wildman–Crippen MR) is 63.5 cm³/mol. The first-order valence-electron chi connectivity index (χ1n) is 5.95. The van der Waals surface area contributed by atoms with Crippen LogP contribution in [0, 0.1) is 11.7 Å².